The zero-order chi connectivity index (χ0) is 28.0. The van der Waals surface area contributed by atoms with Crippen LogP contribution in [0, 0.1) is 11.2 Å². The lowest BCUT2D eigenvalue weighted by molar-refractivity contribution is 0.138. The molecule has 0 aliphatic carbocycles. The third-order valence-electron chi connectivity index (χ3n) is 7.49. The number of carbonyl (C=O) groups is 1. The van der Waals surface area contributed by atoms with Crippen LogP contribution < -0.4 is 0 Å². The second kappa shape index (κ2) is 12.2. The summed E-state index contributed by atoms with van der Waals surface area (Å²) >= 11 is 0. The minimum Gasteiger partial charge on any atom is -0.465 e. The van der Waals surface area contributed by atoms with Gasteiger partial charge in [-0.15, -0.1) is 0 Å². The van der Waals surface area contributed by atoms with Crippen molar-refractivity contribution in [2.75, 3.05) is 6.54 Å². The minimum absolute atomic E-state index is 0.144. The first-order chi connectivity index (χ1) is 18.6. The third kappa shape index (κ3) is 7.31. The molecule has 0 saturated heterocycles. The van der Waals surface area contributed by atoms with Gasteiger partial charge in [-0.05, 0) is 41.5 Å². The molecule has 1 atom stereocenters. The number of hydrogen-bond acceptors (Lipinski definition) is 3. The largest absolute Gasteiger partial charge is 0.465 e. The molecule has 0 saturated carbocycles. The molecule has 39 heavy (non-hydrogen) atoms. The fourth-order valence-electron chi connectivity index (χ4n) is 4.78. The van der Waals surface area contributed by atoms with Crippen molar-refractivity contribution < 1.29 is 14.3 Å². The lowest BCUT2D eigenvalue weighted by Gasteiger charge is -2.27. The first-order valence-corrected chi connectivity index (χ1v) is 13.4. The number of benzene rings is 2. The summed E-state index contributed by atoms with van der Waals surface area (Å²) in [6.45, 7) is 7.32. The summed E-state index contributed by atoms with van der Waals surface area (Å²) in [5.41, 5.74) is 4.89. The van der Waals surface area contributed by atoms with E-state index in [0.717, 1.165) is 41.1 Å². The van der Waals surface area contributed by atoms with Crippen molar-refractivity contribution in [2.45, 2.75) is 52.5 Å². The van der Waals surface area contributed by atoms with Crippen molar-refractivity contribution in [3.05, 3.63) is 108 Å². The van der Waals surface area contributed by atoms with Crippen molar-refractivity contribution in [1.82, 2.24) is 19.4 Å². The van der Waals surface area contributed by atoms with Crippen LogP contribution in [0.15, 0.2) is 79.1 Å². The standard InChI is InChI=1S/C32H37FN4O2/c1-5-32(2,3)18-28-20-35-30(36(28)4)26(22-37(31(38)39)21-24-9-7-6-8-10-24)17-23-11-13-25(14-12-23)29-16-15-27(33)19-34-29/h6-16,19-20,26H,5,17-18,21-22H2,1-4H3,(H,38,39). The highest BCUT2D eigenvalue weighted by molar-refractivity contribution is 5.65. The van der Waals surface area contributed by atoms with E-state index < -0.39 is 6.09 Å². The van der Waals surface area contributed by atoms with E-state index in [0.29, 0.717) is 25.2 Å². The molecular formula is C32H37FN4O2. The Bertz CT molecular complexity index is 1370. The van der Waals surface area contributed by atoms with E-state index in [1.54, 1.807) is 6.07 Å². The van der Waals surface area contributed by atoms with Crippen molar-refractivity contribution in [3.63, 3.8) is 0 Å². The minimum atomic E-state index is -0.955. The maximum atomic E-state index is 13.3. The molecule has 0 aliphatic rings. The van der Waals surface area contributed by atoms with Crippen LogP contribution in [0.2, 0.25) is 0 Å². The molecule has 4 aromatic rings. The molecule has 0 fully saturated rings. The molecule has 0 bridgehead atoms. The van der Waals surface area contributed by atoms with Crippen molar-refractivity contribution in [3.8, 4) is 11.3 Å². The van der Waals surface area contributed by atoms with Gasteiger partial charge in [0.15, 0.2) is 0 Å². The van der Waals surface area contributed by atoms with E-state index in [9.17, 15) is 14.3 Å². The van der Waals surface area contributed by atoms with Gasteiger partial charge < -0.3 is 14.6 Å². The second-order valence-corrected chi connectivity index (χ2v) is 11.0. The maximum Gasteiger partial charge on any atom is 0.407 e. The van der Waals surface area contributed by atoms with Crippen LogP contribution in [0.4, 0.5) is 9.18 Å². The number of pyridine rings is 1. The van der Waals surface area contributed by atoms with Crippen molar-refractivity contribution in [1.29, 1.82) is 0 Å². The first kappa shape index (κ1) is 28.0. The smallest absolute Gasteiger partial charge is 0.407 e. The Hall–Kier alpha value is -4.00. The molecule has 1 N–H and O–H groups in total. The van der Waals surface area contributed by atoms with Gasteiger partial charge in [-0.25, -0.2) is 14.2 Å². The summed E-state index contributed by atoms with van der Waals surface area (Å²) in [6.07, 6.45) is 4.76. The molecule has 0 radical (unpaired) electrons. The highest BCUT2D eigenvalue weighted by Gasteiger charge is 2.26. The monoisotopic (exact) mass is 528 g/mol. The van der Waals surface area contributed by atoms with E-state index in [2.05, 4.69) is 30.3 Å². The quantitative estimate of drug-likeness (QED) is 0.225. The van der Waals surface area contributed by atoms with E-state index in [-0.39, 0.29) is 17.2 Å². The Labute approximate surface area is 230 Å². The van der Waals surface area contributed by atoms with Gasteiger partial charge in [-0.3, -0.25) is 4.98 Å². The van der Waals surface area contributed by atoms with Gasteiger partial charge >= 0.3 is 6.09 Å². The average Bonchev–Trinajstić information content (AvgIpc) is 3.28. The van der Waals surface area contributed by atoms with Gasteiger partial charge in [0.05, 0.1) is 11.9 Å². The number of hydrogen-bond donors (Lipinski definition) is 1. The molecule has 0 spiro atoms. The summed E-state index contributed by atoms with van der Waals surface area (Å²) in [5.74, 6) is 0.358. The fraction of sp³-hybridized carbons (Fsp3) is 0.344. The number of amides is 1. The van der Waals surface area contributed by atoms with Crippen molar-refractivity contribution in [2.24, 2.45) is 12.5 Å². The van der Waals surface area contributed by atoms with Crippen LogP contribution in [0.3, 0.4) is 0 Å². The number of halogens is 1. The molecule has 2 aromatic carbocycles. The predicted molar refractivity (Wildman–Crippen MR) is 152 cm³/mol. The highest BCUT2D eigenvalue weighted by Crippen LogP contribution is 2.29. The average molecular weight is 529 g/mol. The van der Waals surface area contributed by atoms with Gasteiger partial charge in [0.1, 0.15) is 11.6 Å². The van der Waals surface area contributed by atoms with Crippen LogP contribution in [0.1, 0.15) is 55.8 Å². The van der Waals surface area contributed by atoms with Crippen LogP contribution in [-0.4, -0.2) is 37.2 Å². The molecule has 1 unspecified atom stereocenters. The molecular weight excluding hydrogens is 491 g/mol. The zero-order valence-corrected chi connectivity index (χ0v) is 23.1. The van der Waals surface area contributed by atoms with Crippen LogP contribution in [0.25, 0.3) is 11.3 Å². The zero-order valence-electron chi connectivity index (χ0n) is 23.1. The van der Waals surface area contributed by atoms with Crippen LogP contribution in [0.5, 0.6) is 0 Å². The van der Waals surface area contributed by atoms with Crippen LogP contribution >= 0.6 is 0 Å². The lowest BCUT2D eigenvalue weighted by atomic mass is 9.85. The Balaban J connectivity index is 1.62. The maximum absolute atomic E-state index is 13.3. The van der Waals surface area contributed by atoms with E-state index in [1.807, 2.05) is 67.8 Å². The van der Waals surface area contributed by atoms with Gasteiger partial charge in [-0.2, -0.15) is 0 Å². The number of imidazole rings is 1. The molecule has 0 aliphatic heterocycles. The molecule has 2 heterocycles. The Morgan fingerprint density at radius 1 is 1.00 bits per heavy atom. The number of aromatic nitrogens is 3. The van der Waals surface area contributed by atoms with Gasteiger partial charge in [0, 0.05) is 43.5 Å². The third-order valence-corrected chi connectivity index (χ3v) is 7.49. The molecule has 4 rings (SSSR count). The first-order valence-electron chi connectivity index (χ1n) is 13.4. The molecule has 1 amide bonds. The number of rotatable bonds is 11. The Morgan fingerprint density at radius 3 is 2.33 bits per heavy atom. The molecule has 6 nitrogen and oxygen atoms in total. The van der Waals surface area contributed by atoms with Gasteiger partial charge in [0.25, 0.3) is 0 Å². The van der Waals surface area contributed by atoms with Crippen LogP contribution in [-0.2, 0) is 26.4 Å². The van der Waals surface area contributed by atoms with E-state index in [4.69, 9.17) is 4.98 Å². The predicted octanol–water partition coefficient (Wildman–Crippen LogP) is 7.11. The number of carboxylic acid groups (broad SMARTS) is 1. The molecule has 7 heteroatoms. The summed E-state index contributed by atoms with van der Waals surface area (Å²) in [5, 5.41) is 10.1. The lowest BCUT2D eigenvalue weighted by Crippen LogP contribution is -2.34. The van der Waals surface area contributed by atoms with Crippen molar-refractivity contribution >= 4 is 6.09 Å². The fourth-order valence-corrected chi connectivity index (χ4v) is 4.78. The van der Waals surface area contributed by atoms with E-state index in [1.165, 1.54) is 17.2 Å². The Kier molecular flexibility index (Phi) is 8.79. The normalized spacial score (nSPS) is 12.3. The SMILES string of the molecule is CCC(C)(C)Cc1cnc(C(Cc2ccc(-c3ccc(F)cn3)cc2)CN(Cc2ccccc2)C(=O)O)n1C. The Morgan fingerprint density at radius 2 is 1.72 bits per heavy atom. The molecule has 204 valence electrons. The summed E-state index contributed by atoms with van der Waals surface area (Å²) in [6, 6.07) is 20.7. The van der Waals surface area contributed by atoms with E-state index >= 15 is 0 Å². The number of nitrogens with zero attached hydrogens (tertiary/aromatic N) is 4. The summed E-state index contributed by atoms with van der Waals surface area (Å²) in [4.78, 5) is 22.8. The summed E-state index contributed by atoms with van der Waals surface area (Å²) < 4.78 is 15.4. The molecule has 2 aromatic heterocycles. The summed E-state index contributed by atoms with van der Waals surface area (Å²) in [7, 11) is 2.03. The highest BCUT2D eigenvalue weighted by atomic mass is 19.1. The van der Waals surface area contributed by atoms with Gasteiger partial charge in [-0.1, -0.05) is 81.8 Å². The van der Waals surface area contributed by atoms with Gasteiger partial charge in [0.2, 0.25) is 0 Å². The topological polar surface area (TPSA) is 71.2 Å². The second-order valence-electron chi connectivity index (χ2n) is 11.0.